The SMILES string of the molecule is CN(C(=O)c1ccc(N)o1)c1ccccc1. The number of anilines is 2. The molecule has 1 aromatic heterocycles. The summed E-state index contributed by atoms with van der Waals surface area (Å²) in [5.74, 6) is 0.261. The van der Waals surface area contributed by atoms with Crippen LogP contribution in [0.15, 0.2) is 46.9 Å². The summed E-state index contributed by atoms with van der Waals surface area (Å²) < 4.78 is 5.07. The first kappa shape index (κ1) is 10.3. The minimum atomic E-state index is -0.220. The first-order chi connectivity index (χ1) is 7.68. The molecular weight excluding hydrogens is 204 g/mol. The highest BCUT2D eigenvalue weighted by Crippen LogP contribution is 2.17. The molecule has 0 unspecified atom stereocenters. The van der Waals surface area contributed by atoms with E-state index in [-0.39, 0.29) is 17.6 Å². The van der Waals surface area contributed by atoms with Crippen LogP contribution in [0.2, 0.25) is 0 Å². The van der Waals surface area contributed by atoms with Crippen molar-refractivity contribution in [2.45, 2.75) is 0 Å². The third kappa shape index (κ3) is 1.91. The van der Waals surface area contributed by atoms with Crippen LogP contribution in [0.1, 0.15) is 10.6 Å². The van der Waals surface area contributed by atoms with Crippen molar-refractivity contribution in [3.63, 3.8) is 0 Å². The number of carbonyl (C=O) groups excluding carboxylic acids is 1. The quantitative estimate of drug-likeness (QED) is 0.836. The zero-order valence-corrected chi connectivity index (χ0v) is 8.88. The lowest BCUT2D eigenvalue weighted by atomic mass is 10.3. The van der Waals surface area contributed by atoms with Crippen molar-refractivity contribution < 1.29 is 9.21 Å². The van der Waals surface area contributed by atoms with Gasteiger partial charge in [-0.05, 0) is 18.2 Å². The number of nitrogens with two attached hydrogens (primary N) is 1. The Morgan fingerprint density at radius 1 is 1.19 bits per heavy atom. The van der Waals surface area contributed by atoms with Crippen molar-refractivity contribution in [1.29, 1.82) is 0 Å². The van der Waals surface area contributed by atoms with E-state index in [0.29, 0.717) is 0 Å². The number of para-hydroxylation sites is 1. The summed E-state index contributed by atoms with van der Waals surface area (Å²) >= 11 is 0. The molecule has 1 aromatic carbocycles. The summed E-state index contributed by atoms with van der Waals surface area (Å²) in [7, 11) is 1.69. The lowest BCUT2D eigenvalue weighted by molar-refractivity contribution is 0.0967. The molecule has 0 bridgehead atoms. The van der Waals surface area contributed by atoms with E-state index in [1.54, 1.807) is 19.2 Å². The molecule has 0 aliphatic carbocycles. The fourth-order valence-corrected chi connectivity index (χ4v) is 1.40. The Morgan fingerprint density at radius 3 is 2.44 bits per heavy atom. The van der Waals surface area contributed by atoms with Crippen LogP contribution in [0.3, 0.4) is 0 Å². The summed E-state index contributed by atoms with van der Waals surface area (Å²) in [5.41, 5.74) is 6.23. The fourth-order valence-electron chi connectivity index (χ4n) is 1.40. The molecule has 2 aromatic rings. The number of hydrogen-bond acceptors (Lipinski definition) is 3. The van der Waals surface area contributed by atoms with Gasteiger partial charge in [0, 0.05) is 18.8 Å². The lowest BCUT2D eigenvalue weighted by Crippen LogP contribution is -2.25. The normalized spacial score (nSPS) is 10.1. The summed E-state index contributed by atoms with van der Waals surface area (Å²) in [4.78, 5) is 13.4. The van der Waals surface area contributed by atoms with E-state index in [1.165, 1.54) is 4.90 Å². The topological polar surface area (TPSA) is 59.5 Å². The molecule has 0 aliphatic rings. The van der Waals surface area contributed by atoms with Gasteiger partial charge in [-0.15, -0.1) is 0 Å². The molecule has 2 rings (SSSR count). The Balaban J connectivity index is 2.23. The van der Waals surface area contributed by atoms with E-state index in [1.807, 2.05) is 30.3 Å². The van der Waals surface area contributed by atoms with Crippen molar-refractivity contribution in [3.05, 3.63) is 48.2 Å². The smallest absolute Gasteiger partial charge is 0.293 e. The predicted octanol–water partition coefficient (Wildman–Crippen LogP) is 2.14. The van der Waals surface area contributed by atoms with Crippen LogP contribution in [0.25, 0.3) is 0 Å². The van der Waals surface area contributed by atoms with Crippen LogP contribution in [0.5, 0.6) is 0 Å². The molecule has 2 N–H and O–H groups in total. The molecule has 0 saturated carbocycles. The van der Waals surface area contributed by atoms with Gasteiger partial charge in [-0.1, -0.05) is 18.2 Å². The van der Waals surface area contributed by atoms with Gasteiger partial charge in [0.25, 0.3) is 5.91 Å². The lowest BCUT2D eigenvalue weighted by Gasteiger charge is -2.15. The van der Waals surface area contributed by atoms with Crippen LogP contribution in [0, 0.1) is 0 Å². The molecular formula is C12H12N2O2. The minimum absolute atomic E-state index is 0.220. The monoisotopic (exact) mass is 216 g/mol. The van der Waals surface area contributed by atoms with Crippen molar-refractivity contribution in [1.82, 2.24) is 0 Å². The summed E-state index contributed by atoms with van der Waals surface area (Å²) in [6, 6.07) is 12.5. The zero-order chi connectivity index (χ0) is 11.5. The highest BCUT2D eigenvalue weighted by molar-refractivity contribution is 6.03. The Hall–Kier alpha value is -2.23. The van der Waals surface area contributed by atoms with Crippen molar-refractivity contribution in [3.8, 4) is 0 Å². The summed E-state index contributed by atoms with van der Waals surface area (Å²) in [5, 5.41) is 0. The number of amides is 1. The van der Waals surface area contributed by atoms with Crippen molar-refractivity contribution >= 4 is 17.5 Å². The molecule has 4 heteroatoms. The first-order valence-electron chi connectivity index (χ1n) is 4.87. The fraction of sp³-hybridized carbons (Fsp3) is 0.0833. The maximum absolute atomic E-state index is 11.9. The third-order valence-electron chi connectivity index (χ3n) is 2.29. The van der Waals surface area contributed by atoms with Gasteiger partial charge in [0.1, 0.15) is 0 Å². The van der Waals surface area contributed by atoms with Gasteiger partial charge in [0.2, 0.25) is 0 Å². The average molecular weight is 216 g/mol. The number of furan rings is 1. The number of carbonyl (C=O) groups is 1. The Labute approximate surface area is 93.3 Å². The van der Waals surface area contributed by atoms with Crippen LogP contribution in [-0.4, -0.2) is 13.0 Å². The number of benzene rings is 1. The van der Waals surface area contributed by atoms with Gasteiger partial charge in [-0.2, -0.15) is 0 Å². The summed E-state index contributed by atoms with van der Waals surface area (Å²) in [6.07, 6.45) is 0. The highest BCUT2D eigenvalue weighted by atomic mass is 16.4. The molecule has 0 fully saturated rings. The molecule has 82 valence electrons. The number of nitrogens with zero attached hydrogens (tertiary/aromatic N) is 1. The van der Waals surface area contributed by atoms with E-state index in [9.17, 15) is 4.79 Å². The largest absolute Gasteiger partial charge is 0.436 e. The molecule has 0 aliphatic heterocycles. The molecule has 0 atom stereocenters. The van der Waals surface area contributed by atoms with Crippen molar-refractivity contribution in [2.75, 3.05) is 17.7 Å². The number of nitrogen functional groups attached to an aromatic ring is 1. The van der Waals surface area contributed by atoms with Gasteiger partial charge in [-0.3, -0.25) is 4.79 Å². The van der Waals surface area contributed by atoms with Crippen molar-refractivity contribution in [2.24, 2.45) is 0 Å². The van der Waals surface area contributed by atoms with Gasteiger partial charge in [0.05, 0.1) is 0 Å². The third-order valence-corrected chi connectivity index (χ3v) is 2.29. The first-order valence-corrected chi connectivity index (χ1v) is 4.87. The molecule has 0 radical (unpaired) electrons. The van der Waals surface area contributed by atoms with Gasteiger partial charge >= 0.3 is 0 Å². The maximum Gasteiger partial charge on any atom is 0.293 e. The zero-order valence-electron chi connectivity index (χ0n) is 8.88. The average Bonchev–Trinajstić information content (AvgIpc) is 2.75. The number of rotatable bonds is 2. The second kappa shape index (κ2) is 4.10. The molecule has 0 spiro atoms. The van der Waals surface area contributed by atoms with Crippen LogP contribution < -0.4 is 10.6 Å². The second-order valence-electron chi connectivity index (χ2n) is 3.40. The molecule has 4 nitrogen and oxygen atoms in total. The van der Waals surface area contributed by atoms with Gasteiger partial charge < -0.3 is 15.1 Å². The molecule has 16 heavy (non-hydrogen) atoms. The maximum atomic E-state index is 11.9. The van der Waals surface area contributed by atoms with E-state index < -0.39 is 0 Å². The van der Waals surface area contributed by atoms with E-state index in [2.05, 4.69) is 0 Å². The molecule has 0 saturated heterocycles. The van der Waals surface area contributed by atoms with Crippen LogP contribution in [-0.2, 0) is 0 Å². The summed E-state index contributed by atoms with van der Waals surface area (Å²) in [6.45, 7) is 0. The molecule has 1 heterocycles. The Kier molecular flexibility index (Phi) is 2.64. The Morgan fingerprint density at radius 2 is 1.88 bits per heavy atom. The number of hydrogen-bond donors (Lipinski definition) is 1. The van der Waals surface area contributed by atoms with E-state index in [0.717, 1.165) is 5.69 Å². The van der Waals surface area contributed by atoms with Crippen LogP contribution in [0.4, 0.5) is 11.6 Å². The Bertz CT molecular complexity index is 491. The van der Waals surface area contributed by atoms with Crippen LogP contribution >= 0.6 is 0 Å². The van der Waals surface area contributed by atoms with E-state index in [4.69, 9.17) is 10.2 Å². The van der Waals surface area contributed by atoms with Gasteiger partial charge in [0.15, 0.2) is 11.6 Å². The second-order valence-corrected chi connectivity index (χ2v) is 3.40. The highest BCUT2D eigenvalue weighted by Gasteiger charge is 2.16. The standard InChI is InChI=1S/C12H12N2O2/c1-14(9-5-3-2-4-6-9)12(15)10-7-8-11(13)16-10/h2-8H,13H2,1H3. The minimum Gasteiger partial charge on any atom is -0.436 e. The molecule has 1 amide bonds. The van der Waals surface area contributed by atoms with Gasteiger partial charge in [-0.25, -0.2) is 0 Å². The van der Waals surface area contributed by atoms with E-state index >= 15 is 0 Å². The predicted molar refractivity (Wildman–Crippen MR) is 62.3 cm³/mol.